The smallest absolute Gasteiger partial charge is 0.260 e. The molecule has 0 unspecified atom stereocenters. The highest BCUT2D eigenvalue weighted by Crippen LogP contribution is 2.17. The highest BCUT2D eigenvalue weighted by molar-refractivity contribution is 4.82. The zero-order valence-electron chi connectivity index (χ0n) is 6.85. The normalized spacial score (nSPS) is 11.2. The summed E-state index contributed by atoms with van der Waals surface area (Å²) < 4.78 is 29.7. The van der Waals surface area contributed by atoms with Gasteiger partial charge in [0.05, 0.1) is 6.54 Å². The molecule has 0 bridgehead atoms. The van der Waals surface area contributed by atoms with E-state index in [9.17, 15) is 8.78 Å². The summed E-state index contributed by atoms with van der Waals surface area (Å²) in [6.45, 7) is -0.171. The summed E-state index contributed by atoms with van der Waals surface area (Å²) in [6.07, 6.45) is 4.92. The van der Waals surface area contributed by atoms with Gasteiger partial charge in [-0.1, -0.05) is 5.92 Å². The van der Waals surface area contributed by atoms with Gasteiger partial charge >= 0.3 is 0 Å². The van der Waals surface area contributed by atoms with E-state index in [-0.39, 0.29) is 26.1 Å². The molecular weight excluding hydrogens is 164 g/mol. The van der Waals surface area contributed by atoms with Gasteiger partial charge in [-0.05, 0) is 6.42 Å². The number of ether oxygens (including phenoxy) is 1. The molecule has 2 N–H and O–H groups in total. The van der Waals surface area contributed by atoms with Gasteiger partial charge in [-0.15, -0.1) is 6.42 Å². The number of hydrogen-bond acceptors (Lipinski definition) is 2. The van der Waals surface area contributed by atoms with Crippen LogP contribution in [0.4, 0.5) is 8.78 Å². The predicted molar refractivity (Wildman–Crippen MR) is 42.9 cm³/mol. The van der Waals surface area contributed by atoms with Crippen LogP contribution in [0.25, 0.3) is 0 Å². The minimum absolute atomic E-state index is 0.175. The van der Waals surface area contributed by atoms with Crippen molar-refractivity contribution in [3.63, 3.8) is 0 Å². The minimum atomic E-state index is -2.76. The fourth-order valence-electron chi connectivity index (χ4n) is 0.666. The van der Waals surface area contributed by atoms with Crippen LogP contribution in [0.3, 0.4) is 0 Å². The van der Waals surface area contributed by atoms with Crippen LogP contribution < -0.4 is 5.73 Å². The van der Waals surface area contributed by atoms with Gasteiger partial charge in [-0.25, -0.2) is 8.78 Å². The lowest BCUT2D eigenvalue weighted by Crippen LogP contribution is -2.27. The Morgan fingerprint density at radius 1 is 1.50 bits per heavy atom. The summed E-state index contributed by atoms with van der Waals surface area (Å²) >= 11 is 0. The molecule has 0 aromatic heterocycles. The van der Waals surface area contributed by atoms with Crippen molar-refractivity contribution >= 4 is 0 Å². The molecule has 0 spiro atoms. The molecule has 0 aromatic carbocycles. The van der Waals surface area contributed by atoms with Gasteiger partial charge in [-0.2, -0.15) is 0 Å². The van der Waals surface area contributed by atoms with Crippen molar-refractivity contribution in [1.29, 1.82) is 0 Å². The molecule has 0 aliphatic rings. The molecule has 0 heterocycles. The first-order valence-corrected chi connectivity index (χ1v) is 3.71. The average Bonchev–Trinajstić information content (AvgIpc) is 2.04. The molecule has 0 fully saturated rings. The molecule has 12 heavy (non-hydrogen) atoms. The molecule has 0 aliphatic carbocycles. The third kappa shape index (κ3) is 6.08. The van der Waals surface area contributed by atoms with Crippen LogP contribution in [0.5, 0.6) is 0 Å². The second kappa shape index (κ2) is 5.92. The van der Waals surface area contributed by atoms with Gasteiger partial charge in [-0.3, -0.25) is 0 Å². The first-order valence-electron chi connectivity index (χ1n) is 3.71. The number of nitrogens with two attached hydrogens (primary N) is 1. The first kappa shape index (κ1) is 11.3. The van der Waals surface area contributed by atoms with Crippen molar-refractivity contribution in [3.8, 4) is 12.3 Å². The van der Waals surface area contributed by atoms with Crippen LogP contribution in [0, 0.1) is 12.3 Å². The number of hydrogen-bond donors (Lipinski definition) is 1. The molecule has 0 atom stereocenters. The summed E-state index contributed by atoms with van der Waals surface area (Å²) in [5.74, 6) is -0.519. The van der Waals surface area contributed by atoms with Crippen molar-refractivity contribution in [2.45, 2.75) is 18.8 Å². The predicted octanol–water partition coefficient (Wildman–Crippen LogP) is 1.01. The fourth-order valence-corrected chi connectivity index (χ4v) is 0.666. The second-order valence-electron chi connectivity index (χ2n) is 2.42. The Bertz CT molecular complexity index is 154. The number of alkyl halides is 2. The van der Waals surface area contributed by atoms with Crippen LogP contribution in [-0.2, 0) is 4.74 Å². The molecule has 2 nitrogen and oxygen atoms in total. The summed E-state index contributed by atoms with van der Waals surface area (Å²) in [7, 11) is 0. The highest BCUT2D eigenvalue weighted by atomic mass is 19.3. The lowest BCUT2D eigenvalue weighted by atomic mass is 10.2. The lowest BCUT2D eigenvalue weighted by molar-refractivity contribution is -0.00649. The van der Waals surface area contributed by atoms with Crippen LogP contribution in [0.1, 0.15) is 12.8 Å². The molecule has 0 rings (SSSR count). The molecular formula is C8H13F2NO. The summed E-state index contributed by atoms with van der Waals surface area (Å²) in [4.78, 5) is 0. The fraction of sp³-hybridized carbons (Fsp3) is 0.750. The Hall–Kier alpha value is -0.660. The lowest BCUT2D eigenvalue weighted by Gasteiger charge is -2.12. The van der Waals surface area contributed by atoms with E-state index >= 15 is 0 Å². The molecule has 0 radical (unpaired) electrons. The van der Waals surface area contributed by atoms with Crippen LogP contribution in [0.2, 0.25) is 0 Å². The van der Waals surface area contributed by atoms with Gasteiger partial charge in [0.25, 0.3) is 5.92 Å². The van der Waals surface area contributed by atoms with E-state index in [0.29, 0.717) is 0 Å². The van der Waals surface area contributed by atoms with Crippen LogP contribution in [0.15, 0.2) is 0 Å². The maximum absolute atomic E-state index is 12.4. The summed E-state index contributed by atoms with van der Waals surface area (Å²) in [6, 6.07) is 0. The maximum Gasteiger partial charge on any atom is 0.260 e. The highest BCUT2D eigenvalue weighted by Gasteiger charge is 2.25. The van der Waals surface area contributed by atoms with E-state index in [0.717, 1.165) is 0 Å². The number of halogens is 2. The molecule has 0 saturated carbocycles. The summed E-state index contributed by atoms with van der Waals surface area (Å²) in [5.41, 5.74) is 4.82. The Morgan fingerprint density at radius 3 is 2.67 bits per heavy atom. The van der Waals surface area contributed by atoms with Crippen molar-refractivity contribution in [3.05, 3.63) is 0 Å². The SMILES string of the molecule is C#CCOCCCC(F)(F)CN. The molecule has 4 heteroatoms. The van der Waals surface area contributed by atoms with E-state index in [1.807, 2.05) is 0 Å². The Balaban J connectivity index is 3.26. The van der Waals surface area contributed by atoms with Crippen LogP contribution >= 0.6 is 0 Å². The number of terminal acetylenes is 1. The third-order valence-electron chi connectivity index (χ3n) is 1.32. The number of rotatable bonds is 6. The van der Waals surface area contributed by atoms with E-state index in [4.69, 9.17) is 16.9 Å². The van der Waals surface area contributed by atoms with E-state index in [2.05, 4.69) is 5.92 Å². The Kier molecular flexibility index (Phi) is 5.60. The minimum Gasteiger partial charge on any atom is -0.369 e. The standard InChI is InChI=1S/C8H13F2NO/c1-2-5-12-6-3-4-8(9,10)7-11/h1H,3-7,11H2. The van der Waals surface area contributed by atoms with Gasteiger partial charge in [0.15, 0.2) is 0 Å². The Labute approximate surface area is 71.1 Å². The van der Waals surface area contributed by atoms with E-state index in [1.165, 1.54) is 0 Å². The summed E-state index contributed by atoms with van der Waals surface area (Å²) in [5, 5.41) is 0. The topological polar surface area (TPSA) is 35.2 Å². The molecule has 0 amide bonds. The van der Waals surface area contributed by atoms with Crippen molar-refractivity contribution < 1.29 is 13.5 Å². The zero-order chi connectivity index (χ0) is 9.45. The average molecular weight is 177 g/mol. The van der Waals surface area contributed by atoms with Gasteiger partial charge in [0, 0.05) is 13.0 Å². The quantitative estimate of drug-likeness (QED) is 0.485. The molecule has 0 aromatic rings. The first-order chi connectivity index (χ1) is 5.62. The van der Waals surface area contributed by atoms with Crippen molar-refractivity contribution in [1.82, 2.24) is 0 Å². The molecule has 0 saturated heterocycles. The Morgan fingerprint density at radius 2 is 2.17 bits per heavy atom. The van der Waals surface area contributed by atoms with E-state index in [1.54, 1.807) is 0 Å². The second-order valence-corrected chi connectivity index (χ2v) is 2.42. The zero-order valence-corrected chi connectivity index (χ0v) is 6.85. The molecule has 70 valence electrons. The van der Waals surface area contributed by atoms with Crippen LogP contribution in [-0.4, -0.2) is 25.7 Å². The largest absolute Gasteiger partial charge is 0.369 e. The maximum atomic E-state index is 12.4. The van der Waals surface area contributed by atoms with Crippen molar-refractivity contribution in [2.24, 2.45) is 5.73 Å². The van der Waals surface area contributed by atoms with Gasteiger partial charge in [0.1, 0.15) is 6.61 Å². The van der Waals surface area contributed by atoms with E-state index < -0.39 is 12.5 Å². The van der Waals surface area contributed by atoms with Crippen molar-refractivity contribution in [2.75, 3.05) is 19.8 Å². The van der Waals surface area contributed by atoms with Gasteiger partial charge in [0.2, 0.25) is 0 Å². The molecule has 0 aliphatic heterocycles. The monoisotopic (exact) mass is 177 g/mol. The van der Waals surface area contributed by atoms with Gasteiger partial charge < -0.3 is 10.5 Å². The third-order valence-corrected chi connectivity index (χ3v) is 1.32.